The molecule has 3 aliphatic rings. The predicted octanol–water partition coefficient (Wildman–Crippen LogP) is 4.30. The third-order valence-electron chi connectivity index (χ3n) is 6.59. The van der Waals surface area contributed by atoms with Crippen LogP contribution in [-0.4, -0.2) is 29.6 Å². The van der Waals surface area contributed by atoms with Crippen LogP contribution in [0.25, 0.3) is 0 Å². The van der Waals surface area contributed by atoms with Crippen LogP contribution in [0.5, 0.6) is 0 Å². The first kappa shape index (κ1) is 17.7. The van der Waals surface area contributed by atoms with Crippen LogP contribution < -0.4 is 0 Å². The van der Waals surface area contributed by atoms with Crippen molar-refractivity contribution in [2.24, 2.45) is 11.8 Å². The summed E-state index contributed by atoms with van der Waals surface area (Å²) in [7, 11) is 0. The first-order chi connectivity index (χ1) is 12.6. The fourth-order valence-electron chi connectivity index (χ4n) is 5.07. The van der Waals surface area contributed by atoms with Crippen LogP contribution in [0, 0.1) is 24.6 Å². The molecule has 3 saturated heterocycles. The molecule has 2 aromatic carbocycles. The van der Waals surface area contributed by atoms with Crippen molar-refractivity contribution in [1.82, 2.24) is 4.90 Å². The predicted molar refractivity (Wildman–Crippen MR) is 102 cm³/mol. The summed E-state index contributed by atoms with van der Waals surface area (Å²) in [6.07, 6.45) is 3.82. The van der Waals surface area contributed by atoms with Crippen molar-refractivity contribution < 1.29 is 9.50 Å². The van der Waals surface area contributed by atoms with Gasteiger partial charge >= 0.3 is 0 Å². The van der Waals surface area contributed by atoms with Crippen LogP contribution >= 0.6 is 0 Å². The van der Waals surface area contributed by atoms with Gasteiger partial charge in [0.2, 0.25) is 0 Å². The highest BCUT2D eigenvalue weighted by atomic mass is 19.1. The van der Waals surface area contributed by atoms with Gasteiger partial charge in [0.1, 0.15) is 5.82 Å². The highest BCUT2D eigenvalue weighted by molar-refractivity contribution is 5.33. The normalized spacial score (nSPS) is 27.3. The summed E-state index contributed by atoms with van der Waals surface area (Å²) >= 11 is 0. The van der Waals surface area contributed by atoms with Crippen LogP contribution in [0.3, 0.4) is 0 Å². The molecule has 2 unspecified atom stereocenters. The topological polar surface area (TPSA) is 23.5 Å². The van der Waals surface area contributed by atoms with E-state index < -0.39 is 5.60 Å². The van der Waals surface area contributed by atoms with E-state index in [9.17, 15) is 9.50 Å². The van der Waals surface area contributed by atoms with Gasteiger partial charge < -0.3 is 10.0 Å². The fourth-order valence-corrected chi connectivity index (χ4v) is 5.07. The molecule has 0 saturated carbocycles. The number of rotatable bonds is 5. The Kier molecular flexibility index (Phi) is 4.85. The lowest BCUT2D eigenvalue weighted by atomic mass is 9.65. The minimum absolute atomic E-state index is 0.208. The van der Waals surface area contributed by atoms with Gasteiger partial charge in [-0.3, -0.25) is 0 Å². The second-order valence-corrected chi connectivity index (χ2v) is 8.11. The molecule has 3 heterocycles. The third kappa shape index (κ3) is 3.30. The third-order valence-corrected chi connectivity index (χ3v) is 6.59. The molecular weight excluding hydrogens is 325 g/mol. The van der Waals surface area contributed by atoms with Gasteiger partial charge in [-0.1, -0.05) is 36.4 Å². The summed E-state index contributed by atoms with van der Waals surface area (Å²) in [4.78, 5) is 2.51. The number of hydrogen-bond acceptors (Lipinski definition) is 2. The smallest absolute Gasteiger partial charge is 0.123 e. The number of piperidine rings is 3. The number of hydrogen-bond donors (Lipinski definition) is 1. The Morgan fingerprint density at radius 1 is 1.08 bits per heavy atom. The number of halogens is 1. The summed E-state index contributed by atoms with van der Waals surface area (Å²) in [5.74, 6) is 0.657. The van der Waals surface area contributed by atoms with Crippen molar-refractivity contribution in [1.29, 1.82) is 0 Å². The highest BCUT2D eigenvalue weighted by Gasteiger charge is 2.47. The fraction of sp³-hybridized carbons (Fsp3) is 0.478. The summed E-state index contributed by atoms with van der Waals surface area (Å²) in [6, 6.07) is 15.0. The summed E-state index contributed by atoms with van der Waals surface area (Å²) in [5, 5.41) is 12.0. The first-order valence-corrected chi connectivity index (χ1v) is 9.81. The van der Waals surface area contributed by atoms with E-state index in [0.29, 0.717) is 12.3 Å². The van der Waals surface area contributed by atoms with Crippen molar-refractivity contribution >= 4 is 0 Å². The largest absolute Gasteiger partial charge is 0.385 e. The molecule has 5 rings (SSSR count). The zero-order chi connectivity index (χ0) is 18.1. The summed E-state index contributed by atoms with van der Waals surface area (Å²) in [6.45, 7) is 5.42. The minimum Gasteiger partial charge on any atom is -0.385 e. The molecule has 0 amide bonds. The van der Waals surface area contributed by atoms with Crippen LogP contribution in [0.2, 0.25) is 0 Å². The molecule has 0 radical (unpaired) electrons. The molecule has 2 bridgehead atoms. The molecule has 2 aromatic rings. The van der Waals surface area contributed by atoms with Gasteiger partial charge in [-0.15, -0.1) is 0 Å². The number of benzene rings is 2. The standard InChI is InChI=1S/C23H28FNO/c1-17-4-2-3-5-21(17)23(26,13-10-18-6-8-20(24)9-7-18)22-16-25-14-11-19(22)12-15-25/h2-9,19,22,26H,10-16H2,1H3. The molecule has 3 aliphatic heterocycles. The Hall–Kier alpha value is -1.71. The van der Waals surface area contributed by atoms with Crippen molar-refractivity contribution in [2.75, 3.05) is 19.6 Å². The molecule has 2 atom stereocenters. The molecule has 3 heteroatoms. The molecule has 0 aromatic heterocycles. The number of nitrogens with zero attached hydrogens (tertiary/aromatic N) is 1. The monoisotopic (exact) mass is 353 g/mol. The second-order valence-electron chi connectivity index (χ2n) is 8.11. The average Bonchev–Trinajstić information content (AvgIpc) is 2.68. The summed E-state index contributed by atoms with van der Waals surface area (Å²) in [5.41, 5.74) is 2.48. The Morgan fingerprint density at radius 3 is 2.38 bits per heavy atom. The Balaban J connectivity index is 1.65. The number of aliphatic hydroxyl groups is 1. The summed E-state index contributed by atoms with van der Waals surface area (Å²) < 4.78 is 13.2. The van der Waals surface area contributed by atoms with Gasteiger partial charge in [0, 0.05) is 12.5 Å². The second kappa shape index (κ2) is 7.13. The Bertz CT molecular complexity index is 751. The van der Waals surface area contributed by atoms with Crippen molar-refractivity contribution in [2.45, 2.75) is 38.2 Å². The van der Waals surface area contributed by atoms with Gasteiger partial charge in [-0.25, -0.2) is 4.39 Å². The lowest BCUT2D eigenvalue weighted by Crippen LogP contribution is -2.55. The average molecular weight is 353 g/mol. The molecule has 138 valence electrons. The molecule has 3 fully saturated rings. The van der Waals surface area contributed by atoms with Gasteiger partial charge in [-0.2, -0.15) is 0 Å². The van der Waals surface area contributed by atoms with E-state index in [-0.39, 0.29) is 11.7 Å². The van der Waals surface area contributed by atoms with Crippen LogP contribution in [0.4, 0.5) is 4.39 Å². The SMILES string of the molecule is Cc1ccccc1C(O)(CCc1ccc(F)cc1)C1CN2CCC1CC2. The van der Waals surface area contributed by atoms with Crippen molar-refractivity contribution in [3.05, 3.63) is 71.0 Å². The van der Waals surface area contributed by atoms with E-state index in [4.69, 9.17) is 0 Å². The lowest BCUT2D eigenvalue weighted by Gasteiger charge is -2.51. The van der Waals surface area contributed by atoms with E-state index in [0.717, 1.165) is 29.7 Å². The zero-order valence-electron chi connectivity index (χ0n) is 15.5. The maximum Gasteiger partial charge on any atom is 0.123 e. The minimum atomic E-state index is -0.830. The molecule has 0 aliphatic carbocycles. The highest BCUT2D eigenvalue weighted by Crippen LogP contribution is 2.46. The zero-order valence-corrected chi connectivity index (χ0v) is 15.5. The van der Waals surface area contributed by atoms with Crippen LogP contribution in [0.15, 0.2) is 48.5 Å². The van der Waals surface area contributed by atoms with E-state index in [2.05, 4.69) is 24.0 Å². The molecular formula is C23H28FNO. The molecule has 1 N–H and O–H groups in total. The number of fused-ring (bicyclic) bond motifs is 3. The molecule has 0 spiro atoms. The van der Waals surface area contributed by atoms with Crippen LogP contribution in [-0.2, 0) is 12.0 Å². The quantitative estimate of drug-likeness (QED) is 0.866. The maximum atomic E-state index is 13.2. The van der Waals surface area contributed by atoms with E-state index >= 15 is 0 Å². The van der Waals surface area contributed by atoms with E-state index in [1.807, 2.05) is 24.3 Å². The van der Waals surface area contributed by atoms with E-state index in [1.165, 1.54) is 38.1 Å². The lowest BCUT2D eigenvalue weighted by molar-refractivity contribution is -0.106. The van der Waals surface area contributed by atoms with Gasteiger partial charge in [-0.05, 0) is 80.4 Å². The molecule has 2 nitrogen and oxygen atoms in total. The van der Waals surface area contributed by atoms with Crippen molar-refractivity contribution in [3.63, 3.8) is 0 Å². The van der Waals surface area contributed by atoms with Crippen molar-refractivity contribution in [3.8, 4) is 0 Å². The molecule has 26 heavy (non-hydrogen) atoms. The van der Waals surface area contributed by atoms with Crippen LogP contribution in [0.1, 0.15) is 36.0 Å². The van der Waals surface area contributed by atoms with E-state index in [1.54, 1.807) is 0 Å². The van der Waals surface area contributed by atoms with Gasteiger partial charge in [0.05, 0.1) is 5.60 Å². The Morgan fingerprint density at radius 2 is 1.77 bits per heavy atom. The van der Waals surface area contributed by atoms with Gasteiger partial charge in [0.25, 0.3) is 0 Å². The number of aryl methyl sites for hydroxylation is 2. The maximum absolute atomic E-state index is 13.2. The Labute approximate surface area is 155 Å². The van der Waals surface area contributed by atoms with Gasteiger partial charge in [0.15, 0.2) is 0 Å². The first-order valence-electron chi connectivity index (χ1n) is 9.81.